The molecular formula is C10H11ClN2O. The van der Waals surface area contributed by atoms with Crippen molar-refractivity contribution in [2.24, 2.45) is 5.10 Å². The molecule has 14 heavy (non-hydrogen) atoms. The van der Waals surface area contributed by atoms with Crippen LogP contribution in [0.3, 0.4) is 0 Å². The molecule has 1 unspecified atom stereocenters. The fraction of sp³-hybridized carbons (Fsp3) is 0.300. The summed E-state index contributed by atoms with van der Waals surface area (Å²) in [6.07, 6.45) is 1.76. The molecule has 0 amide bonds. The van der Waals surface area contributed by atoms with Crippen LogP contribution in [0.2, 0.25) is 5.02 Å². The molecular weight excluding hydrogens is 200 g/mol. The van der Waals surface area contributed by atoms with Crippen molar-refractivity contribution in [2.75, 3.05) is 6.54 Å². The van der Waals surface area contributed by atoms with E-state index < -0.39 is 0 Å². The highest BCUT2D eigenvalue weighted by Crippen LogP contribution is 2.13. The third-order valence-corrected chi connectivity index (χ3v) is 2.46. The van der Waals surface area contributed by atoms with Gasteiger partial charge in [0.15, 0.2) is 0 Å². The summed E-state index contributed by atoms with van der Waals surface area (Å²) in [6.45, 7) is 0.573. The second kappa shape index (κ2) is 4.09. The molecule has 1 aromatic carbocycles. The Morgan fingerprint density at radius 2 is 2.29 bits per heavy atom. The predicted octanol–water partition coefficient (Wildman–Crippen LogP) is 1.22. The van der Waals surface area contributed by atoms with Crippen LogP contribution in [0.1, 0.15) is 18.4 Å². The molecule has 1 heterocycles. The van der Waals surface area contributed by atoms with E-state index in [0.717, 1.165) is 24.1 Å². The Morgan fingerprint density at radius 1 is 1.43 bits per heavy atom. The molecule has 0 saturated heterocycles. The first-order valence-electron chi connectivity index (χ1n) is 4.62. The highest BCUT2D eigenvalue weighted by atomic mass is 35.5. The molecule has 4 heteroatoms. The second-order valence-electron chi connectivity index (χ2n) is 3.32. The van der Waals surface area contributed by atoms with Gasteiger partial charge in [0.25, 0.3) is 0 Å². The normalized spacial score (nSPS) is 21.9. The first-order chi connectivity index (χ1) is 6.75. The van der Waals surface area contributed by atoms with Crippen LogP contribution in [-0.2, 0) is 0 Å². The highest BCUT2D eigenvalue weighted by Gasteiger charge is 2.12. The molecule has 0 saturated carbocycles. The van der Waals surface area contributed by atoms with Crippen molar-refractivity contribution in [3.05, 3.63) is 40.1 Å². The number of nitrogens with one attached hydrogen (secondary N) is 1. The van der Waals surface area contributed by atoms with E-state index in [-0.39, 0.29) is 5.17 Å². The molecule has 2 rings (SSSR count). The third kappa shape index (κ3) is 2.12. The number of rotatable bonds is 1. The van der Waals surface area contributed by atoms with Gasteiger partial charge in [-0.05, 0) is 12.1 Å². The van der Waals surface area contributed by atoms with Gasteiger partial charge in [-0.25, -0.2) is 5.17 Å². The van der Waals surface area contributed by atoms with Crippen molar-refractivity contribution in [1.29, 1.82) is 0 Å². The van der Waals surface area contributed by atoms with Crippen LogP contribution in [0.4, 0.5) is 0 Å². The quantitative estimate of drug-likeness (QED) is 0.696. The Kier molecular flexibility index (Phi) is 2.82. The summed E-state index contributed by atoms with van der Waals surface area (Å²) in [5.74, 6) is 0. The van der Waals surface area contributed by atoms with Gasteiger partial charge in [-0.1, -0.05) is 28.8 Å². The van der Waals surface area contributed by atoms with Crippen LogP contribution in [-0.4, -0.2) is 12.3 Å². The lowest BCUT2D eigenvalue weighted by Crippen LogP contribution is -3.03. The Bertz CT molecular complexity index is 365. The smallest absolute Gasteiger partial charge is 0.104 e. The van der Waals surface area contributed by atoms with Crippen molar-refractivity contribution in [1.82, 2.24) is 0 Å². The highest BCUT2D eigenvalue weighted by molar-refractivity contribution is 6.31. The van der Waals surface area contributed by atoms with E-state index >= 15 is 0 Å². The summed E-state index contributed by atoms with van der Waals surface area (Å²) in [5, 5.41) is 15.8. The van der Waals surface area contributed by atoms with E-state index in [2.05, 4.69) is 5.10 Å². The molecule has 0 aromatic heterocycles. The molecule has 0 spiro atoms. The average Bonchev–Trinajstić information content (AvgIpc) is 2.18. The van der Waals surface area contributed by atoms with Crippen LogP contribution >= 0.6 is 11.6 Å². The van der Waals surface area contributed by atoms with Gasteiger partial charge < -0.3 is 5.21 Å². The maximum absolute atomic E-state index is 11.1. The van der Waals surface area contributed by atoms with Gasteiger partial charge in [0, 0.05) is 23.4 Å². The number of benzene rings is 1. The average molecular weight is 211 g/mol. The lowest BCUT2D eigenvalue weighted by atomic mass is 10.1. The predicted molar refractivity (Wildman–Crippen MR) is 56.4 cm³/mol. The Labute approximate surface area is 87.6 Å². The number of hydrogen-bond donors (Lipinski definition) is 1. The second-order valence-corrected chi connectivity index (χ2v) is 3.75. The zero-order valence-electron chi connectivity index (χ0n) is 7.66. The van der Waals surface area contributed by atoms with E-state index in [4.69, 9.17) is 11.6 Å². The summed E-state index contributed by atoms with van der Waals surface area (Å²) in [5.41, 5.74) is 1.83. The van der Waals surface area contributed by atoms with Gasteiger partial charge in [-0.3, -0.25) is 0 Å². The van der Waals surface area contributed by atoms with Crippen LogP contribution in [0.15, 0.2) is 29.4 Å². The zero-order chi connectivity index (χ0) is 9.97. The summed E-state index contributed by atoms with van der Waals surface area (Å²) < 4.78 is 0. The van der Waals surface area contributed by atoms with E-state index in [1.54, 1.807) is 0 Å². The standard InChI is InChI=1S/C10H11ClN2O/c11-9-4-1-3-8(7-9)10-5-2-6-13(14)12-10/h1,3-4,7,13H,2,5-6H2. The maximum atomic E-state index is 11.1. The van der Waals surface area contributed by atoms with Crippen LogP contribution in [0, 0.1) is 5.21 Å². The van der Waals surface area contributed by atoms with Crippen LogP contribution < -0.4 is 5.17 Å². The summed E-state index contributed by atoms with van der Waals surface area (Å²) in [4.78, 5) is 0. The van der Waals surface area contributed by atoms with Crippen molar-refractivity contribution in [3.8, 4) is 0 Å². The van der Waals surface area contributed by atoms with Gasteiger partial charge in [-0.2, -0.15) is 0 Å². The largest absolute Gasteiger partial charge is 0.606 e. The minimum Gasteiger partial charge on any atom is -0.606 e. The monoisotopic (exact) mass is 210 g/mol. The molecule has 0 radical (unpaired) electrons. The molecule has 1 atom stereocenters. The molecule has 74 valence electrons. The van der Waals surface area contributed by atoms with E-state index in [9.17, 15) is 5.21 Å². The molecule has 0 fully saturated rings. The van der Waals surface area contributed by atoms with Gasteiger partial charge >= 0.3 is 0 Å². The minimum absolute atomic E-state index is 0.0220. The van der Waals surface area contributed by atoms with Crippen molar-refractivity contribution in [2.45, 2.75) is 12.8 Å². The van der Waals surface area contributed by atoms with Crippen molar-refractivity contribution in [3.63, 3.8) is 0 Å². The topological polar surface area (TPSA) is 39.9 Å². The molecule has 1 N–H and O–H groups in total. The molecule has 0 aliphatic carbocycles. The van der Waals surface area contributed by atoms with E-state index in [1.807, 2.05) is 24.3 Å². The zero-order valence-corrected chi connectivity index (χ0v) is 8.42. The summed E-state index contributed by atoms with van der Waals surface area (Å²) in [6, 6.07) is 7.47. The summed E-state index contributed by atoms with van der Waals surface area (Å²) >= 11 is 5.86. The Hall–Kier alpha value is -0.900. The summed E-state index contributed by atoms with van der Waals surface area (Å²) in [7, 11) is 0. The molecule has 1 aliphatic rings. The molecule has 1 aromatic rings. The lowest BCUT2D eigenvalue weighted by Gasteiger charge is -2.21. The fourth-order valence-electron chi connectivity index (χ4n) is 1.55. The van der Waals surface area contributed by atoms with Crippen LogP contribution in [0.5, 0.6) is 0 Å². The van der Waals surface area contributed by atoms with Gasteiger partial charge in [0.2, 0.25) is 0 Å². The lowest BCUT2D eigenvalue weighted by molar-refractivity contribution is -0.857. The van der Waals surface area contributed by atoms with Crippen molar-refractivity contribution < 1.29 is 5.17 Å². The van der Waals surface area contributed by atoms with Gasteiger partial charge in [0.05, 0.1) is 0 Å². The van der Waals surface area contributed by atoms with Crippen molar-refractivity contribution >= 4 is 17.3 Å². The minimum atomic E-state index is -0.0220. The fourth-order valence-corrected chi connectivity index (χ4v) is 1.74. The Morgan fingerprint density at radius 3 is 3.00 bits per heavy atom. The number of quaternary nitrogens is 1. The maximum Gasteiger partial charge on any atom is 0.104 e. The number of hydroxylamine groups is 1. The van der Waals surface area contributed by atoms with E-state index in [1.165, 1.54) is 0 Å². The van der Waals surface area contributed by atoms with E-state index in [0.29, 0.717) is 11.6 Å². The molecule has 1 aliphatic heterocycles. The first kappa shape index (κ1) is 9.65. The number of halogens is 1. The number of nitrogens with zero attached hydrogens (tertiary/aromatic N) is 1. The Balaban J connectivity index is 2.30. The van der Waals surface area contributed by atoms with Gasteiger partial charge in [0.1, 0.15) is 12.3 Å². The number of hydrogen-bond acceptors (Lipinski definition) is 2. The third-order valence-electron chi connectivity index (χ3n) is 2.22. The van der Waals surface area contributed by atoms with Crippen LogP contribution in [0.25, 0.3) is 0 Å². The molecule has 3 nitrogen and oxygen atoms in total. The molecule has 0 bridgehead atoms. The van der Waals surface area contributed by atoms with Gasteiger partial charge in [-0.15, -0.1) is 0 Å². The SMILES string of the molecule is [O-][NH+]1CCCC(c2cccc(Cl)c2)=N1. The first-order valence-corrected chi connectivity index (χ1v) is 5.00.